The van der Waals surface area contributed by atoms with Crippen molar-refractivity contribution in [1.29, 1.82) is 0 Å². The van der Waals surface area contributed by atoms with Crippen molar-refractivity contribution in [3.8, 4) is 0 Å². The van der Waals surface area contributed by atoms with E-state index in [-0.39, 0.29) is 37.2 Å². The van der Waals surface area contributed by atoms with Gasteiger partial charge >= 0.3 is 0 Å². The van der Waals surface area contributed by atoms with Crippen molar-refractivity contribution in [2.24, 2.45) is 0 Å². The van der Waals surface area contributed by atoms with Crippen LogP contribution >= 0.6 is 0 Å². The summed E-state index contributed by atoms with van der Waals surface area (Å²) < 4.78 is 0. The SMILES string of the molecule is CC(C)NC(=O)C(O)CCNc1cccc2c1CN(C1CCC(=O)NC1=O)C2=O. The molecule has 0 aliphatic carbocycles. The number of hydrogen-bond acceptors (Lipinski definition) is 6. The van der Waals surface area contributed by atoms with E-state index in [1.165, 1.54) is 4.90 Å². The van der Waals surface area contributed by atoms with E-state index in [9.17, 15) is 24.3 Å². The van der Waals surface area contributed by atoms with Crippen LogP contribution in [0.5, 0.6) is 0 Å². The van der Waals surface area contributed by atoms with Gasteiger partial charge in [-0.25, -0.2) is 0 Å². The van der Waals surface area contributed by atoms with Crippen molar-refractivity contribution in [3.63, 3.8) is 0 Å². The van der Waals surface area contributed by atoms with Crippen LogP contribution < -0.4 is 16.0 Å². The zero-order valence-corrected chi connectivity index (χ0v) is 16.5. The molecule has 0 bridgehead atoms. The summed E-state index contributed by atoms with van der Waals surface area (Å²) in [6.07, 6.45) is -0.391. The highest BCUT2D eigenvalue weighted by atomic mass is 16.3. The normalized spacial score (nSPS) is 19.8. The number of aliphatic hydroxyl groups excluding tert-OH is 1. The van der Waals surface area contributed by atoms with Crippen LogP contribution in [0.3, 0.4) is 0 Å². The van der Waals surface area contributed by atoms with E-state index >= 15 is 0 Å². The number of carbonyl (C=O) groups excluding carboxylic acids is 4. The van der Waals surface area contributed by atoms with Gasteiger partial charge in [-0.1, -0.05) is 6.07 Å². The molecular formula is C20H26N4O5. The summed E-state index contributed by atoms with van der Waals surface area (Å²) in [6.45, 7) is 4.25. The fourth-order valence-corrected chi connectivity index (χ4v) is 3.61. The third kappa shape index (κ3) is 4.56. The van der Waals surface area contributed by atoms with Gasteiger partial charge in [-0.2, -0.15) is 0 Å². The standard InChI is InChI=1S/C20H26N4O5/c1-11(2)22-19(28)16(25)8-9-21-14-5-3-4-12-13(14)10-24(20(12)29)15-6-7-17(26)23-18(15)27/h3-5,11,15-16,21,25H,6-10H2,1-2H3,(H,22,28)(H,23,26,27). The molecule has 0 saturated carbocycles. The molecule has 9 heteroatoms. The lowest BCUT2D eigenvalue weighted by atomic mass is 10.0. The van der Waals surface area contributed by atoms with E-state index in [0.29, 0.717) is 18.5 Å². The summed E-state index contributed by atoms with van der Waals surface area (Å²) in [7, 11) is 0. The van der Waals surface area contributed by atoms with Gasteiger partial charge < -0.3 is 20.6 Å². The Morgan fingerprint density at radius 3 is 2.76 bits per heavy atom. The Bertz CT molecular complexity index is 838. The minimum absolute atomic E-state index is 0.0493. The van der Waals surface area contributed by atoms with Gasteiger partial charge in [0.2, 0.25) is 17.7 Å². The minimum atomic E-state index is -1.12. The first kappa shape index (κ1) is 20.8. The molecule has 29 heavy (non-hydrogen) atoms. The van der Waals surface area contributed by atoms with E-state index in [1.54, 1.807) is 12.1 Å². The molecule has 2 heterocycles. The molecule has 0 aromatic heterocycles. The molecule has 1 aromatic carbocycles. The van der Waals surface area contributed by atoms with Gasteiger partial charge in [0.15, 0.2) is 0 Å². The lowest BCUT2D eigenvalue weighted by molar-refractivity contribution is -0.137. The highest BCUT2D eigenvalue weighted by Crippen LogP contribution is 2.32. The van der Waals surface area contributed by atoms with Crippen LogP contribution in [0, 0.1) is 0 Å². The molecular weight excluding hydrogens is 376 g/mol. The summed E-state index contributed by atoms with van der Waals surface area (Å²) in [5, 5.41) is 18.1. The van der Waals surface area contributed by atoms with Crippen molar-refractivity contribution in [1.82, 2.24) is 15.5 Å². The van der Waals surface area contributed by atoms with Crippen LogP contribution in [0.1, 0.15) is 49.0 Å². The largest absolute Gasteiger partial charge is 0.385 e. The molecule has 2 unspecified atom stereocenters. The Balaban J connectivity index is 1.64. The van der Waals surface area contributed by atoms with Crippen molar-refractivity contribution >= 4 is 29.3 Å². The number of rotatable bonds is 7. The molecule has 2 aliphatic rings. The number of hydrogen-bond donors (Lipinski definition) is 4. The van der Waals surface area contributed by atoms with Gasteiger partial charge in [-0.05, 0) is 38.8 Å². The first-order valence-corrected chi connectivity index (χ1v) is 9.76. The number of piperidine rings is 1. The lowest BCUT2D eigenvalue weighted by Gasteiger charge is -2.29. The Morgan fingerprint density at radius 1 is 1.31 bits per heavy atom. The van der Waals surface area contributed by atoms with Gasteiger partial charge in [0, 0.05) is 42.4 Å². The second-order valence-corrected chi connectivity index (χ2v) is 7.63. The molecule has 1 aromatic rings. The van der Waals surface area contributed by atoms with Crippen LogP contribution in [0.2, 0.25) is 0 Å². The van der Waals surface area contributed by atoms with Gasteiger partial charge in [-0.3, -0.25) is 24.5 Å². The third-order valence-electron chi connectivity index (χ3n) is 5.05. The van der Waals surface area contributed by atoms with E-state index in [1.807, 2.05) is 19.9 Å². The number of aliphatic hydroxyl groups is 1. The highest BCUT2D eigenvalue weighted by molar-refractivity contribution is 6.06. The highest BCUT2D eigenvalue weighted by Gasteiger charge is 2.39. The van der Waals surface area contributed by atoms with Crippen molar-refractivity contribution in [2.45, 2.75) is 57.8 Å². The van der Waals surface area contributed by atoms with Crippen molar-refractivity contribution < 1.29 is 24.3 Å². The predicted molar refractivity (Wildman–Crippen MR) is 105 cm³/mol. The van der Waals surface area contributed by atoms with E-state index in [0.717, 1.165) is 11.3 Å². The maximum Gasteiger partial charge on any atom is 0.255 e. The van der Waals surface area contributed by atoms with Gasteiger partial charge in [0.05, 0.1) is 0 Å². The zero-order chi connectivity index (χ0) is 21.1. The third-order valence-corrected chi connectivity index (χ3v) is 5.05. The molecule has 2 atom stereocenters. The molecule has 1 saturated heterocycles. The first-order valence-electron chi connectivity index (χ1n) is 9.76. The fraction of sp³-hybridized carbons (Fsp3) is 0.500. The maximum atomic E-state index is 12.8. The number of nitrogens with zero attached hydrogens (tertiary/aromatic N) is 1. The number of anilines is 1. The van der Waals surface area contributed by atoms with E-state index in [4.69, 9.17) is 0 Å². The molecule has 9 nitrogen and oxygen atoms in total. The first-order chi connectivity index (χ1) is 13.8. The minimum Gasteiger partial charge on any atom is -0.385 e. The topological polar surface area (TPSA) is 128 Å². The molecule has 156 valence electrons. The molecule has 3 rings (SSSR count). The number of amides is 4. The summed E-state index contributed by atoms with van der Waals surface area (Å²) in [5.74, 6) is -1.43. The summed E-state index contributed by atoms with van der Waals surface area (Å²) in [6, 6.07) is 4.56. The molecule has 0 spiro atoms. The summed E-state index contributed by atoms with van der Waals surface area (Å²) in [4.78, 5) is 49.6. The van der Waals surface area contributed by atoms with Crippen LogP contribution in [-0.2, 0) is 20.9 Å². The van der Waals surface area contributed by atoms with Gasteiger partial charge in [0.1, 0.15) is 12.1 Å². The average Bonchev–Trinajstić information content (AvgIpc) is 2.98. The van der Waals surface area contributed by atoms with Gasteiger partial charge in [-0.15, -0.1) is 0 Å². The molecule has 1 fully saturated rings. The van der Waals surface area contributed by atoms with Crippen LogP contribution in [-0.4, -0.2) is 58.4 Å². The Morgan fingerprint density at radius 2 is 2.07 bits per heavy atom. The van der Waals surface area contributed by atoms with Crippen LogP contribution in [0.15, 0.2) is 18.2 Å². The zero-order valence-electron chi connectivity index (χ0n) is 16.5. The Kier molecular flexibility index (Phi) is 6.17. The second kappa shape index (κ2) is 8.60. The monoisotopic (exact) mass is 402 g/mol. The number of nitrogens with one attached hydrogen (secondary N) is 3. The quantitative estimate of drug-likeness (QED) is 0.480. The fourth-order valence-electron chi connectivity index (χ4n) is 3.61. The van der Waals surface area contributed by atoms with Gasteiger partial charge in [0.25, 0.3) is 5.91 Å². The van der Waals surface area contributed by atoms with E-state index < -0.39 is 24.0 Å². The number of benzene rings is 1. The number of imide groups is 1. The number of carbonyl (C=O) groups is 4. The summed E-state index contributed by atoms with van der Waals surface area (Å²) >= 11 is 0. The molecule has 4 amide bonds. The maximum absolute atomic E-state index is 12.8. The Labute approximate surface area is 168 Å². The van der Waals surface area contributed by atoms with Crippen molar-refractivity contribution in [3.05, 3.63) is 29.3 Å². The van der Waals surface area contributed by atoms with E-state index in [2.05, 4.69) is 16.0 Å². The van der Waals surface area contributed by atoms with Crippen LogP contribution in [0.4, 0.5) is 5.69 Å². The second-order valence-electron chi connectivity index (χ2n) is 7.63. The predicted octanol–water partition coefficient (Wildman–Crippen LogP) is 0.135. The van der Waals surface area contributed by atoms with Crippen molar-refractivity contribution in [2.75, 3.05) is 11.9 Å². The Hall–Kier alpha value is -2.94. The molecule has 0 radical (unpaired) electrons. The number of fused-ring (bicyclic) bond motifs is 1. The molecule has 2 aliphatic heterocycles. The van der Waals surface area contributed by atoms with Crippen LogP contribution in [0.25, 0.3) is 0 Å². The average molecular weight is 402 g/mol. The smallest absolute Gasteiger partial charge is 0.255 e. The lowest BCUT2D eigenvalue weighted by Crippen LogP contribution is -2.52. The molecule has 4 N–H and O–H groups in total. The summed E-state index contributed by atoms with van der Waals surface area (Å²) in [5.41, 5.74) is 2.00.